The van der Waals surface area contributed by atoms with E-state index in [1.807, 2.05) is 0 Å². The predicted octanol–water partition coefficient (Wildman–Crippen LogP) is 1.21. The van der Waals surface area contributed by atoms with Crippen LogP contribution < -0.4 is 5.32 Å². The highest BCUT2D eigenvalue weighted by Gasteiger charge is 2.03. The molecule has 0 spiro atoms. The molecule has 3 N–H and O–H groups in total. The van der Waals surface area contributed by atoms with Crippen molar-refractivity contribution in [3.63, 3.8) is 0 Å². The summed E-state index contributed by atoms with van der Waals surface area (Å²) in [5, 5.41) is 19.4. The van der Waals surface area contributed by atoms with Gasteiger partial charge in [-0.1, -0.05) is 19.3 Å². The number of carbonyl (C=O) groups is 1. The molecule has 0 bridgehead atoms. The predicted molar refractivity (Wildman–Crippen MR) is 64.1 cm³/mol. The number of nitrogens with one attached hydrogen (secondary N) is 1. The van der Waals surface area contributed by atoms with E-state index in [0.29, 0.717) is 0 Å². The van der Waals surface area contributed by atoms with E-state index in [1.54, 1.807) is 0 Å². The zero-order chi connectivity index (χ0) is 12.1. The molecule has 1 fully saturated rings. The Morgan fingerprint density at radius 2 is 1.56 bits per heavy atom. The summed E-state index contributed by atoms with van der Waals surface area (Å²) >= 11 is 0. The molecule has 96 valence electrons. The van der Waals surface area contributed by atoms with E-state index in [4.69, 9.17) is 10.2 Å². The molecular weight excluding hydrogens is 206 g/mol. The topological polar surface area (TPSA) is 69.6 Å². The Balaban J connectivity index is 0.000000281. The average molecular weight is 231 g/mol. The molecule has 1 saturated heterocycles. The normalized spacial score (nSPS) is 15.8. The van der Waals surface area contributed by atoms with E-state index in [0.717, 1.165) is 51.5 Å². The first kappa shape index (κ1) is 15.4. The first-order valence-corrected chi connectivity index (χ1v) is 6.29. The van der Waals surface area contributed by atoms with Gasteiger partial charge in [0.1, 0.15) is 0 Å². The maximum absolute atomic E-state index is 10.6. The highest BCUT2D eigenvalue weighted by Crippen LogP contribution is 2.02. The van der Waals surface area contributed by atoms with Crippen LogP contribution in [0, 0.1) is 0 Å². The average Bonchev–Trinajstić information content (AvgIpc) is 2.53. The lowest BCUT2D eigenvalue weighted by Crippen LogP contribution is -2.21. The molecule has 0 aromatic carbocycles. The molecule has 4 nitrogen and oxygen atoms in total. The molecule has 0 saturated carbocycles. The monoisotopic (exact) mass is 231 g/mol. The van der Waals surface area contributed by atoms with Gasteiger partial charge in [0.15, 0.2) is 0 Å². The Hall–Kier alpha value is -0.610. The third-order valence-electron chi connectivity index (χ3n) is 2.47. The largest absolute Gasteiger partial charge is 0.396 e. The first-order valence-electron chi connectivity index (χ1n) is 6.29. The lowest BCUT2D eigenvalue weighted by atomic mass is 10.2. The summed E-state index contributed by atoms with van der Waals surface area (Å²) in [5.41, 5.74) is 0. The van der Waals surface area contributed by atoms with E-state index in [1.165, 1.54) is 6.42 Å². The number of aliphatic hydroxyl groups is 2. The third-order valence-corrected chi connectivity index (χ3v) is 2.47. The van der Waals surface area contributed by atoms with Crippen molar-refractivity contribution in [1.29, 1.82) is 0 Å². The van der Waals surface area contributed by atoms with Gasteiger partial charge in [-0.15, -0.1) is 0 Å². The number of aliphatic hydroxyl groups excluding tert-OH is 2. The fourth-order valence-corrected chi connectivity index (χ4v) is 1.48. The van der Waals surface area contributed by atoms with Crippen LogP contribution in [0.4, 0.5) is 0 Å². The quantitative estimate of drug-likeness (QED) is 0.623. The molecule has 0 aliphatic carbocycles. The molecule has 1 heterocycles. The molecule has 1 aliphatic heterocycles. The van der Waals surface area contributed by atoms with Gasteiger partial charge in [0, 0.05) is 26.2 Å². The van der Waals surface area contributed by atoms with E-state index >= 15 is 0 Å². The molecule has 1 rings (SSSR count). The van der Waals surface area contributed by atoms with Gasteiger partial charge in [0.05, 0.1) is 0 Å². The zero-order valence-electron chi connectivity index (χ0n) is 10.1. The summed E-state index contributed by atoms with van der Waals surface area (Å²) in [7, 11) is 0. The summed E-state index contributed by atoms with van der Waals surface area (Å²) < 4.78 is 0. The number of amides is 1. The minimum absolute atomic E-state index is 0.225. The van der Waals surface area contributed by atoms with Gasteiger partial charge < -0.3 is 15.5 Å². The highest BCUT2D eigenvalue weighted by atomic mass is 16.3. The van der Waals surface area contributed by atoms with Crippen molar-refractivity contribution < 1.29 is 15.0 Å². The Kier molecular flexibility index (Phi) is 12.0. The van der Waals surface area contributed by atoms with E-state index in [9.17, 15) is 4.79 Å². The second-order valence-corrected chi connectivity index (χ2v) is 4.02. The minimum atomic E-state index is 0.225. The van der Waals surface area contributed by atoms with Crippen LogP contribution in [0.25, 0.3) is 0 Å². The van der Waals surface area contributed by atoms with Crippen LogP contribution in [0.15, 0.2) is 0 Å². The summed E-state index contributed by atoms with van der Waals surface area (Å²) in [6, 6.07) is 0. The van der Waals surface area contributed by atoms with Crippen LogP contribution in [0.1, 0.15) is 51.4 Å². The van der Waals surface area contributed by atoms with Crippen molar-refractivity contribution in [1.82, 2.24) is 5.32 Å². The lowest BCUT2D eigenvalue weighted by Gasteiger charge is -1.93. The highest BCUT2D eigenvalue weighted by molar-refractivity contribution is 5.75. The molecular formula is C12H25NO3. The Bertz CT molecular complexity index is 146. The van der Waals surface area contributed by atoms with Gasteiger partial charge in [-0.2, -0.15) is 0 Å². The van der Waals surface area contributed by atoms with Crippen molar-refractivity contribution in [3.05, 3.63) is 0 Å². The van der Waals surface area contributed by atoms with Gasteiger partial charge in [-0.3, -0.25) is 4.79 Å². The molecule has 0 aromatic rings. The zero-order valence-corrected chi connectivity index (χ0v) is 10.1. The third kappa shape index (κ3) is 11.5. The van der Waals surface area contributed by atoms with Crippen molar-refractivity contribution in [2.24, 2.45) is 0 Å². The van der Waals surface area contributed by atoms with Crippen LogP contribution >= 0.6 is 0 Å². The van der Waals surface area contributed by atoms with Crippen molar-refractivity contribution in [2.75, 3.05) is 19.8 Å². The summed E-state index contributed by atoms with van der Waals surface area (Å²) in [5.74, 6) is 0.225. The molecule has 0 unspecified atom stereocenters. The van der Waals surface area contributed by atoms with E-state index in [2.05, 4.69) is 5.32 Å². The van der Waals surface area contributed by atoms with Gasteiger partial charge >= 0.3 is 0 Å². The maximum atomic E-state index is 10.6. The number of hydrogen-bond donors (Lipinski definition) is 3. The summed E-state index contributed by atoms with van der Waals surface area (Å²) in [6.07, 6.45) is 8.00. The molecule has 1 aliphatic rings. The fourth-order valence-electron chi connectivity index (χ4n) is 1.48. The summed E-state index contributed by atoms with van der Waals surface area (Å²) in [4.78, 5) is 10.6. The van der Waals surface area contributed by atoms with Crippen LogP contribution in [0.3, 0.4) is 0 Å². The van der Waals surface area contributed by atoms with Crippen molar-refractivity contribution >= 4 is 5.91 Å². The molecule has 0 atom stereocenters. The molecule has 0 aromatic heterocycles. The van der Waals surface area contributed by atoms with Gasteiger partial charge in [0.25, 0.3) is 0 Å². The SMILES string of the molecule is O=C1CCCCCN1.OCCCCCCO. The molecule has 1 amide bonds. The van der Waals surface area contributed by atoms with Crippen molar-refractivity contribution in [3.8, 4) is 0 Å². The Morgan fingerprint density at radius 1 is 0.938 bits per heavy atom. The standard InChI is InChI=1S/C6H11NO.C6H14O2/c8-6-4-2-1-3-5-7-6;7-5-3-1-2-4-6-8/h1-5H2,(H,7,8);7-8H,1-6H2. The van der Waals surface area contributed by atoms with E-state index in [-0.39, 0.29) is 19.1 Å². The molecule has 16 heavy (non-hydrogen) atoms. The van der Waals surface area contributed by atoms with Crippen LogP contribution in [0.5, 0.6) is 0 Å². The Labute approximate surface area is 98.1 Å². The second-order valence-electron chi connectivity index (χ2n) is 4.02. The first-order chi connectivity index (χ1) is 7.81. The Morgan fingerprint density at radius 3 is 2.12 bits per heavy atom. The number of hydrogen-bond acceptors (Lipinski definition) is 3. The summed E-state index contributed by atoms with van der Waals surface area (Å²) in [6.45, 7) is 1.45. The van der Waals surface area contributed by atoms with Crippen LogP contribution in [0.2, 0.25) is 0 Å². The van der Waals surface area contributed by atoms with Gasteiger partial charge in [0.2, 0.25) is 5.91 Å². The smallest absolute Gasteiger partial charge is 0.219 e. The van der Waals surface area contributed by atoms with Gasteiger partial charge in [-0.05, 0) is 25.7 Å². The van der Waals surface area contributed by atoms with Crippen LogP contribution in [-0.2, 0) is 4.79 Å². The molecule has 0 radical (unpaired) electrons. The van der Waals surface area contributed by atoms with Crippen LogP contribution in [-0.4, -0.2) is 35.9 Å². The minimum Gasteiger partial charge on any atom is -0.396 e. The number of carbonyl (C=O) groups excluding carboxylic acids is 1. The molecule has 4 heteroatoms. The number of rotatable bonds is 5. The van der Waals surface area contributed by atoms with Gasteiger partial charge in [-0.25, -0.2) is 0 Å². The lowest BCUT2D eigenvalue weighted by molar-refractivity contribution is -0.120. The van der Waals surface area contributed by atoms with Crippen molar-refractivity contribution in [2.45, 2.75) is 51.4 Å². The van der Waals surface area contributed by atoms with E-state index < -0.39 is 0 Å². The fraction of sp³-hybridized carbons (Fsp3) is 0.917. The number of unbranched alkanes of at least 4 members (excludes halogenated alkanes) is 3. The second kappa shape index (κ2) is 12.5. The maximum Gasteiger partial charge on any atom is 0.219 e.